The Labute approximate surface area is 315 Å². The van der Waals surface area contributed by atoms with Gasteiger partial charge in [-0.1, -0.05) is 73.1 Å². The summed E-state index contributed by atoms with van der Waals surface area (Å²) in [5.41, 5.74) is 0.164. The lowest BCUT2D eigenvalue weighted by molar-refractivity contribution is -0.148. The summed E-state index contributed by atoms with van der Waals surface area (Å²) in [6.07, 6.45) is 0.190. The molecule has 0 saturated carbocycles. The maximum absolute atomic E-state index is 14.3. The van der Waals surface area contributed by atoms with E-state index in [1.807, 2.05) is 41.5 Å². The number of rotatable bonds is 21. The quantitative estimate of drug-likeness (QED) is 0.148. The predicted octanol–water partition coefficient (Wildman–Crippen LogP) is 3.24. The second-order valence-corrected chi connectivity index (χ2v) is 15.0. The molecule has 1 aliphatic heterocycles. The van der Waals surface area contributed by atoms with E-state index in [1.165, 1.54) is 32.4 Å². The van der Waals surface area contributed by atoms with E-state index in [2.05, 4.69) is 16.0 Å². The number of carbonyl (C=O) groups excluding carboxylic acids is 4. The van der Waals surface area contributed by atoms with Gasteiger partial charge in [0.05, 0.1) is 42.7 Å². The van der Waals surface area contributed by atoms with Crippen molar-refractivity contribution in [2.45, 2.75) is 123 Å². The van der Waals surface area contributed by atoms with E-state index in [0.29, 0.717) is 25.8 Å². The summed E-state index contributed by atoms with van der Waals surface area (Å²) in [5.74, 6) is -4.34. The Morgan fingerprint density at radius 3 is 2.09 bits per heavy atom. The number of likely N-dealkylation sites (tertiary alicyclic amines) is 1. The monoisotopic (exact) mass is 749 g/mol. The van der Waals surface area contributed by atoms with Crippen molar-refractivity contribution in [3.05, 3.63) is 35.6 Å². The number of aliphatic carboxylic acids is 1. The van der Waals surface area contributed by atoms with Crippen LogP contribution in [-0.2, 0) is 39.9 Å². The fourth-order valence-electron chi connectivity index (χ4n) is 7.44. The maximum atomic E-state index is 14.3. The molecule has 53 heavy (non-hydrogen) atoms. The van der Waals surface area contributed by atoms with Gasteiger partial charge in [-0.2, -0.15) is 0 Å². The van der Waals surface area contributed by atoms with Crippen molar-refractivity contribution in [2.24, 2.45) is 23.7 Å². The first-order valence-electron chi connectivity index (χ1n) is 18.8. The Kier molecular flexibility index (Phi) is 18.3. The highest BCUT2D eigenvalue weighted by atomic mass is 19.1. The van der Waals surface area contributed by atoms with Crippen LogP contribution in [0.15, 0.2) is 24.3 Å². The summed E-state index contributed by atoms with van der Waals surface area (Å²) < 4.78 is 26.1. The molecule has 0 bridgehead atoms. The number of nitrogens with one attached hydrogen (secondary N) is 3. The Hall–Kier alpha value is -3.62. The van der Waals surface area contributed by atoms with Gasteiger partial charge < -0.3 is 40.3 Å². The number of hydrogen-bond donors (Lipinski definition) is 4. The largest absolute Gasteiger partial charge is 0.480 e. The Bertz CT molecular complexity index is 1380. The third-order valence-electron chi connectivity index (χ3n) is 10.7. The Morgan fingerprint density at radius 2 is 1.58 bits per heavy atom. The molecule has 1 saturated heterocycles. The molecule has 1 fully saturated rings. The molecule has 4 N–H and O–H groups in total. The number of ether oxygens (including phenoxy) is 2. The van der Waals surface area contributed by atoms with Crippen LogP contribution in [0, 0.1) is 29.5 Å². The molecule has 2 rings (SSSR count). The van der Waals surface area contributed by atoms with E-state index >= 15 is 0 Å². The first-order valence-corrected chi connectivity index (χ1v) is 18.8. The number of benzene rings is 1. The second-order valence-electron chi connectivity index (χ2n) is 15.0. The molecule has 1 aromatic rings. The van der Waals surface area contributed by atoms with Gasteiger partial charge in [0.2, 0.25) is 23.6 Å². The average Bonchev–Trinajstić information content (AvgIpc) is 3.60. The highest BCUT2D eigenvalue weighted by Crippen LogP contribution is 2.30. The number of carboxylic acid groups (broad SMARTS) is 1. The molecular formula is C39H64FN5O8. The van der Waals surface area contributed by atoms with Gasteiger partial charge in [0, 0.05) is 34.2 Å². The fraction of sp³-hybridized carbons (Fsp3) is 0.718. The molecule has 0 spiro atoms. The van der Waals surface area contributed by atoms with Crippen LogP contribution in [0.25, 0.3) is 0 Å². The van der Waals surface area contributed by atoms with Crippen molar-refractivity contribution in [3.8, 4) is 0 Å². The lowest BCUT2D eigenvalue weighted by atomic mass is 9.89. The fourth-order valence-corrected chi connectivity index (χ4v) is 7.44. The van der Waals surface area contributed by atoms with Crippen molar-refractivity contribution in [2.75, 3.05) is 34.9 Å². The third kappa shape index (κ3) is 11.9. The minimum Gasteiger partial charge on any atom is -0.480 e. The molecule has 4 amide bonds. The van der Waals surface area contributed by atoms with Gasteiger partial charge in [0.15, 0.2) is 0 Å². The highest BCUT2D eigenvalue weighted by molar-refractivity contribution is 5.90. The topological polar surface area (TPSA) is 167 Å². The molecule has 1 heterocycles. The van der Waals surface area contributed by atoms with Gasteiger partial charge in [0.1, 0.15) is 17.9 Å². The number of amides is 4. The zero-order valence-electron chi connectivity index (χ0n) is 33.5. The van der Waals surface area contributed by atoms with Crippen LogP contribution in [0.4, 0.5) is 4.39 Å². The van der Waals surface area contributed by atoms with E-state index in [-0.39, 0.29) is 53.9 Å². The number of carbonyl (C=O) groups is 5. The Morgan fingerprint density at radius 1 is 0.962 bits per heavy atom. The highest BCUT2D eigenvalue weighted by Gasteiger charge is 2.43. The molecule has 0 aromatic heterocycles. The Balaban J connectivity index is 2.27. The van der Waals surface area contributed by atoms with Crippen molar-refractivity contribution >= 4 is 29.6 Å². The maximum Gasteiger partial charge on any atom is 0.326 e. The molecule has 9 atom stereocenters. The van der Waals surface area contributed by atoms with Crippen molar-refractivity contribution < 1.29 is 42.9 Å². The minimum absolute atomic E-state index is 0.00844. The molecule has 13 nitrogen and oxygen atoms in total. The van der Waals surface area contributed by atoms with Gasteiger partial charge in [-0.25, -0.2) is 9.18 Å². The molecule has 1 unspecified atom stereocenters. The summed E-state index contributed by atoms with van der Waals surface area (Å²) in [5, 5.41) is 18.4. The zero-order valence-corrected chi connectivity index (χ0v) is 33.5. The number of likely N-dealkylation sites (N-methyl/N-ethyl adjacent to an activating group) is 2. The third-order valence-corrected chi connectivity index (χ3v) is 10.7. The van der Waals surface area contributed by atoms with Crippen LogP contribution in [0.1, 0.15) is 79.7 Å². The van der Waals surface area contributed by atoms with E-state index in [9.17, 15) is 33.5 Å². The van der Waals surface area contributed by atoms with E-state index in [1.54, 1.807) is 36.9 Å². The molecule has 1 aliphatic rings. The smallest absolute Gasteiger partial charge is 0.326 e. The standard InChI is InChI=1S/C39H64FN5O8/c1-12-24(6)34(44(9)38(49)33(23(4)5)43-37(48)32(41-8)22(2)3)30(52-10)21-31(46)45-19-15-18-29(45)35(53-11)25(7)36(47)42-28(39(50)51)20-26-16-13-14-17-27(26)40/h13-14,16-17,22-25,28-30,32-35,41H,12,15,18-21H2,1-11H3,(H,42,47)(H,43,48)(H,50,51)/t24-,25+,28-,29?,30+,32-,33-,34-,35+/m0/s1. The number of nitrogens with zero attached hydrogens (tertiary/aromatic N) is 2. The van der Waals surface area contributed by atoms with Crippen LogP contribution in [0.2, 0.25) is 0 Å². The van der Waals surface area contributed by atoms with Crippen LogP contribution in [0.5, 0.6) is 0 Å². The summed E-state index contributed by atoms with van der Waals surface area (Å²) in [7, 11) is 6.36. The van der Waals surface area contributed by atoms with Gasteiger partial charge in [0.25, 0.3) is 0 Å². The SMILES string of the molecule is CC[C@H](C)[C@@H]([C@@H](CC(=O)N1CCCC1[C@H](OC)[C@@H](C)C(=O)N[C@@H](Cc1ccccc1F)C(=O)O)OC)N(C)C(=O)[C@@H](NC(=O)[C@@H](NC)C(C)C)C(C)C. The summed E-state index contributed by atoms with van der Waals surface area (Å²) >= 11 is 0. The van der Waals surface area contributed by atoms with Crippen LogP contribution in [-0.4, -0.2) is 122 Å². The number of methoxy groups -OCH3 is 2. The van der Waals surface area contributed by atoms with Gasteiger partial charge in [-0.15, -0.1) is 0 Å². The van der Waals surface area contributed by atoms with Crippen LogP contribution in [0.3, 0.4) is 0 Å². The van der Waals surface area contributed by atoms with Crippen molar-refractivity contribution in [3.63, 3.8) is 0 Å². The zero-order chi connectivity index (χ0) is 40.2. The van der Waals surface area contributed by atoms with Crippen molar-refractivity contribution in [1.29, 1.82) is 0 Å². The molecule has 0 aliphatic carbocycles. The summed E-state index contributed by atoms with van der Waals surface area (Å²) in [6, 6.07) is 2.18. The predicted molar refractivity (Wildman–Crippen MR) is 200 cm³/mol. The average molecular weight is 750 g/mol. The first kappa shape index (κ1) is 45.5. The van der Waals surface area contributed by atoms with Crippen LogP contribution >= 0.6 is 0 Å². The van der Waals surface area contributed by atoms with E-state index < -0.39 is 66.0 Å². The van der Waals surface area contributed by atoms with Gasteiger partial charge >= 0.3 is 5.97 Å². The normalized spacial score (nSPS) is 19.1. The molecular weight excluding hydrogens is 685 g/mol. The number of halogens is 1. The van der Waals surface area contributed by atoms with Gasteiger partial charge in [-0.05, 0) is 49.3 Å². The summed E-state index contributed by atoms with van der Waals surface area (Å²) in [6.45, 7) is 13.7. The summed E-state index contributed by atoms with van der Waals surface area (Å²) in [4.78, 5) is 70.2. The van der Waals surface area contributed by atoms with E-state index in [4.69, 9.17) is 9.47 Å². The molecule has 1 aromatic carbocycles. The van der Waals surface area contributed by atoms with Crippen molar-refractivity contribution in [1.82, 2.24) is 25.8 Å². The molecule has 300 valence electrons. The number of hydrogen-bond acceptors (Lipinski definition) is 8. The molecule has 14 heteroatoms. The van der Waals surface area contributed by atoms with E-state index in [0.717, 1.165) is 0 Å². The molecule has 0 radical (unpaired) electrons. The first-order chi connectivity index (χ1) is 24.9. The second kappa shape index (κ2) is 21.3. The minimum atomic E-state index is -1.37. The lowest BCUT2D eigenvalue weighted by Crippen LogP contribution is -2.59. The van der Waals surface area contributed by atoms with Crippen LogP contribution < -0.4 is 16.0 Å². The van der Waals surface area contributed by atoms with Gasteiger partial charge in [-0.3, -0.25) is 19.2 Å². The lowest BCUT2D eigenvalue weighted by Gasteiger charge is -2.41. The number of carboxylic acids is 1.